The Morgan fingerprint density at radius 2 is 1.68 bits per heavy atom. The molecule has 0 aliphatic heterocycles. The summed E-state index contributed by atoms with van der Waals surface area (Å²) in [4.78, 5) is 17.2. The van der Waals surface area contributed by atoms with Crippen LogP contribution in [0.2, 0.25) is 0 Å². The van der Waals surface area contributed by atoms with Gasteiger partial charge in [0.25, 0.3) is 26.1 Å². The monoisotopic (exact) mass is 629 g/mol. The van der Waals surface area contributed by atoms with Crippen molar-refractivity contribution in [3.05, 3.63) is 41.2 Å². The topological polar surface area (TPSA) is 163 Å². The van der Waals surface area contributed by atoms with E-state index in [-0.39, 0.29) is 36.0 Å². The summed E-state index contributed by atoms with van der Waals surface area (Å²) in [5.74, 6) is -0.970. The maximum absolute atomic E-state index is 12.8. The third-order valence-electron chi connectivity index (χ3n) is 6.58. The molecule has 218 valence electrons. The van der Waals surface area contributed by atoms with Crippen molar-refractivity contribution in [2.75, 3.05) is 30.3 Å². The summed E-state index contributed by atoms with van der Waals surface area (Å²) in [6, 6.07) is 3.47. The summed E-state index contributed by atoms with van der Waals surface area (Å²) in [7, 11) is -6.94. The molecule has 1 aromatic heterocycles. The summed E-state index contributed by atoms with van der Waals surface area (Å²) in [5.41, 5.74) is 0.582. The van der Waals surface area contributed by atoms with E-state index < -0.39 is 43.1 Å². The fourth-order valence-electron chi connectivity index (χ4n) is 3.44. The molecular weight excluding hydrogens is 591 g/mol. The van der Waals surface area contributed by atoms with Gasteiger partial charge in [-0.1, -0.05) is 50.6 Å². The molecule has 0 aliphatic rings. The van der Waals surface area contributed by atoms with Gasteiger partial charge < -0.3 is 10.6 Å². The highest BCUT2D eigenvalue weighted by molar-refractivity contribution is 8.68. The van der Waals surface area contributed by atoms with Crippen molar-refractivity contribution in [1.82, 2.24) is 15.6 Å². The normalized spacial score (nSPS) is 16.6. The highest BCUT2D eigenvalue weighted by atomic mass is 33.1. The molecule has 0 bridgehead atoms. The molecule has 3 atom stereocenters. The fraction of sp³-hybridized carbons (Fsp3) is 0.652. The number of carbonyl (C=O) groups excluding carboxylic acids is 1. The van der Waals surface area contributed by atoms with Gasteiger partial charge in [-0.05, 0) is 36.0 Å². The fourth-order valence-corrected chi connectivity index (χ4v) is 6.02. The van der Waals surface area contributed by atoms with Crippen LogP contribution < -0.4 is 10.6 Å². The molecule has 1 heterocycles. The van der Waals surface area contributed by atoms with Crippen LogP contribution in [0.25, 0.3) is 0 Å². The Balaban J connectivity index is 3.39. The predicted molar refractivity (Wildman–Crippen MR) is 161 cm³/mol. The number of thiol groups is 2. The Morgan fingerprint density at radius 1 is 1.08 bits per heavy atom. The van der Waals surface area contributed by atoms with Gasteiger partial charge in [0, 0.05) is 36.1 Å². The van der Waals surface area contributed by atoms with Crippen molar-refractivity contribution < 1.29 is 30.7 Å². The average molecular weight is 630 g/mol. The summed E-state index contributed by atoms with van der Waals surface area (Å²) in [6.45, 7) is 8.09. The number of amides is 1. The smallest absolute Gasteiger partial charge is 0.269 e. The molecule has 4 N–H and O–H groups in total. The highest BCUT2D eigenvalue weighted by Gasteiger charge is 2.30. The van der Waals surface area contributed by atoms with E-state index in [1.54, 1.807) is 6.07 Å². The second kappa shape index (κ2) is 15.3. The second-order valence-corrected chi connectivity index (χ2v) is 14.6. The lowest BCUT2D eigenvalue weighted by molar-refractivity contribution is 0.0950. The van der Waals surface area contributed by atoms with E-state index in [9.17, 15) is 21.6 Å². The zero-order chi connectivity index (χ0) is 29.2. The molecule has 0 fully saturated rings. The molecule has 15 heteroatoms. The van der Waals surface area contributed by atoms with Crippen LogP contribution in [-0.2, 0) is 32.2 Å². The highest BCUT2D eigenvalue weighted by Crippen LogP contribution is 2.37. The van der Waals surface area contributed by atoms with Crippen LogP contribution in [0, 0.1) is 5.41 Å². The average Bonchev–Trinajstić information content (AvgIpc) is 2.83. The third-order valence-corrected chi connectivity index (χ3v) is 9.97. The van der Waals surface area contributed by atoms with Gasteiger partial charge in [-0.3, -0.25) is 13.9 Å². The van der Waals surface area contributed by atoms with Gasteiger partial charge >= 0.3 is 0 Å². The van der Waals surface area contributed by atoms with E-state index in [0.29, 0.717) is 12.1 Å². The largest absolute Gasteiger partial charge is 0.350 e. The van der Waals surface area contributed by atoms with E-state index >= 15 is 0 Å². The molecule has 0 saturated carbocycles. The number of allylic oxidation sites excluding steroid dienone is 2. The Bertz CT molecular complexity index is 1180. The third kappa shape index (κ3) is 12.1. The number of nitrogens with one attached hydrogen (secondary N) is 2. The van der Waals surface area contributed by atoms with Crippen LogP contribution in [0.1, 0.15) is 62.3 Å². The minimum atomic E-state index is -4.24. The lowest BCUT2D eigenvalue weighted by atomic mass is 9.75. The van der Waals surface area contributed by atoms with Gasteiger partial charge in [-0.25, -0.2) is 4.98 Å². The lowest BCUT2D eigenvalue weighted by Gasteiger charge is -2.33. The molecule has 38 heavy (non-hydrogen) atoms. The number of hydrogen-bond donors (Lipinski definition) is 6. The minimum absolute atomic E-state index is 0.0209. The molecule has 0 aromatic carbocycles. The van der Waals surface area contributed by atoms with E-state index in [0.717, 1.165) is 17.7 Å². The van der Waals surface area contributed by atoms with Crippen molar-refractivity contribution in [3.63, 3.8) is 0 Å². The van der Waals surface area contributed by atoms with Crippen LogP contribution in [0.15, 0.2) is 24.3 Å². The zero-order valence-electron chi connectivity index (χ0n) is 22.0. The van der Waals surface area contributed by atoms with Crippen molar-refractivity contribution in [3.8, 4) is 0 Å². The van der Waals surface area contributed by atoms with Crippen LogP contribution >= 0.6 is 35.1 Å². The molecule has 10 nitrogen and oxygen atoms in total. The summed E-state index contributed by atoms with van der Waals surface area (Å²) < 4.78 is 62.0. The van der Waals surface area contributed by atoms with Crippen molar-refractivity contribution >= 4 is 61.2 Å². The van der Waals surface area contributed by atoms with Crippen LogP contribution in [0.3, 0.4) is 0 Å². The van der Waals surface area contributed by atoms with E-state index in [4.69, 9.17) is 21.7 Å². The molecule has 3 unspecified atom stereocenters. The van der Waals surface area contributed by atoms with Gasteiger partial charge in [0.15, 0.2) is 0 Å². The second-order valence-electron chi connectivity index (χ2n) is 9.51. The summed E-state index contributed by atoms with van der Waals surface area (Å²) in [6.07, 6.45) is 5.79. The van der Waals surface area contributed by atoms with E-state index in [1.807, 2.05) is 19.9 Å². The van der Waals surface area contributed by atoms with Crippen molar-refractivity contribution in [2.24, 2.45) is 5.41 Å². The van der Waals surface area contributed by atoms with Crippen LogP contribution in [0.4, 0.5) is 0 Å². The Labute approximate surface area is 241 Å². The van der Waals surface area contributed by atoms with Crippen LogP contribution in [0.5, 0.6) is 0 Å². The van der Waals surface area contributed by atoms with Gasteiger partial charge in [0.2, 0.25) is 0 Å². The van der Waals surface area contributed by atoms with Gasteiger partial charge in [0.05, 0.1) is 17.2 Å². The van der Waals surface area contributed by atoms with Gasteiger partial charge in [-0.2, -0.15) is 29.5 Å². The van der Waals surface area contributed by atoms with Crippen LogP contribution in [-0.4, -0.2) is 72.4 Å². The standard InChI is InChI=1S/C23H39N3O7S5/c1-5-22(3,7-8-23(4,6-2)20(34)16-36-35)17-13-18(15-24-9-11-37(28,29)30)26-19(14-17)21(27)25-10-12-38(31,32)33/h7-8,13-14,20,24,34-35H,5-6,9-12,15-16H2,1-4H3,(H,25,27)(H,28,29,30)(H,31,32,33). The molecule has 1 aromatic rings. The molecule has 0 saturated heterocycles. The van der Waals surface area contributed by atoms with Crippen molar-refractivity contribution in [1.29, 1.82) is 0 Å². The maximum atomic E-state index is 12.8. The van der Waals surface area contributed by atoms with E-state index in [1.165, 1.54) is 10.8 Å². The number of carbonyl (C=O) groups is 1. The maximum Gasteiger partial charge on any atom is 0.269 e. The first-order valence-corrected chi connectivity index (χ1v) is 17.8. The number of pyridine rings is 1. The molecule has 0 aliphatic carbocycles. The SMILES string of the molecule is CCC(C)(C=CC(C)(CC)C(S)CSS)c1cc(CNCCS(=O)(=O)O)nc(C(=O)NCCS(=O)(=O)O)c1. The first-order valence-electron chi connectivity index (χ1n) is 12.0. The Morgan fingerprint density at radius 3 is 2.21 bits per heavy atom. The molecule has 0 spiro atoms. The van der Waals surface area contributed by atoms with Gasteiger partial charge in [-0.15, -0.1) is 11.7 Å². The molecular formula is C23H39N3O7S5. The number of rotatable bonds is 17. The summed E-state index contributed by atoms with van der Waals surface area (Å²) in [5, 5.41) is 5.41. The predicted octanol–water partition coefficient (Wildman–Crippen LogP) is 3.19. The first-order chi connectivity index (χ1) is 17.5. The molecule has 0 radical (unpaired) electrons. The molecule has 1 rings (SSSR count). The van der Waals surface area contributed by atoms with E-state index in [2.05, 4.69) is 53.3 Å². The molecule has 1 amide bonds. The van der Waals surface area contributed by atoms with Crippen molar-refractivity contribution in [2.45, 2.75) is 57.7 Å². The Kier molecular flexibility index (Phi) is 14.1. The lowest BCUT2D eigenvalue weighted by Crippen LogP contribution is -2.31. The minimum Gasteiger partial charge on any atom is -0.350 e. The number of nitrogens with zero attached hydrogens (tertiary/aromatic N) is 1. The summed E-state index contributed by atoms with van der Waals surface area (Å²) >= 11 is 9.05. The van der Waals surface area contributed by atoms with Gasteiger partial charge in [0.1, 0.15) is 5.69 Å². The number of aromatic nitrogens is 1. The number of hydrogen-bond acceptors (Lipinski definition) is 10. The Hall–Kier alpha value is -0.810. The quantitative estimate of drug-likeness (QED) is 0.0496. The first kappa shape index (κ1) is 35.2. The zero-order valence-corrected chi connectivity index (χ0v) is 26.3.